The van der Waals surface area contributed by atoms with Crippen LogP contribution in [0.1, 0.15) is 49.0 Å². The highest BCUT2D eigenvalue weighted by Crippen LogP contribution is 2.22. The van der Waals surface area contributed by atoms with Crippen LogP contribution in [0.3, 0.4) is 0 Å². The third-order valence-corrected chi connectivity index (χ3v) is 6.42. The third-order valence-electron chi connectivity index (χ3n) is 4.53. The number of carbonyl (C=O) groups is 1. The van der Waals surface area contributed by atoms with Gasteiger partial charge in [0, 0.05) is 31.2 Å². The van der Waals surface area contributed by atoms with E-state index in [0.717, 1.165) is 31.4 Å². The molecule has 0 aromatic heterocycles. The largest absolute Gasteiger partial charge is 0.350 e. The molecule has 0 spiro atoms. The molecule has 0 bridgehead atoms. The summed E-state index contributed by atoms with van der Waals surface area (Å²) in [6.07, 6.45) is 2.85. The Morgan fingerprint density at radius 3 is 2.50 bits per heavy atom. The summed E-state index contributed by atoms with van der Waals surface area (Å²) < 4.78 is 27.1. The predicted octanol–water partition coefficient (Wildman–Crippen LogP) is 2.32. The van der Waals surface area contributed by atoms with E-state index in [9.17, 15) is 13.2 Å². The summed E-state index contributed by atoms with van der Waals surface area (Å²) in [5, 5.41) is 6.10. The molecule has 1 aromatic carbocycles. The van der Waals surface area contributed by atoms with Gasteiger partial charge in [-0.2, -0.15) is 4.31 Å². The van der Waals surface area contributed by atoms with Crippen molar-refractivity contribution in [2.75, 3.05) is 26.2 Å². The number of benzene rings is 1. The first kappa shape index (κ1) is 22.9. The van der Waals surface area contributed by atoms with Crippen molar-refractivity contribution in [2.24, 2.45) is 0 Å². The maximum atomic E-state index is 12.8. The first-order valence-corrected chi connectivity index (χ1v) is 10.4. The number of carbonyl (C=O) groups excluding carboxylic acids is 1. The van der Waals surface area contributed by atoms with Gasteiger partial charge < -0.3 is 10.6 Å². The van der Waals surface area contributed by atoms with Crippen LogP contribution in [-0.4, -0.2) is 50.9 Å². The average Bonchev–Trinajstić information content (AvgIpc) is 2.61. The van der Waals surface area contributed by atoms with Crippen molar-refractivity contribution in [2.45, 2.75) is 51.0 Å². The van der Waals surface area contributed by atoms with E-state index in [1.165, 1.54) is 10.4 Å². The van der Waals surface area contributed by atoms with Crippen LogP contribution >= 0.6 is 12.4 Å². The maximum absolute atomic E-state index is 12.8. The number of hydrogen-bond acceptors (Lipinski definition) is 4. The number of rotatable bonds is 7. The third kappa shape index (κ3) is 5.67. The minimum absolute atomic E-state index is 0. The average molecular weight is 404 g/mol. The monoisotopic (exact) mass is 403 g/mol. The van der Waals surface area contributed by atoms with Crippen molar-refractivity contribution in [1.82, 2.24) is 14.9 Å². The Labute approximate surface area is 163 Å². The quantitative estimate of drug-likeness (QED) is 0.732. The molecule has 1 fully saturated rings. The van der Waals surface area contributed by atoms with Crippen LogP contribution in [0.25, 0.3) is 0 Å². The van der Waals surface area contributed by atoms with E-state index in [-0.39, 0.29) is 29.3 Å². The lowest BCUT2D eigenvalue weighted by Crippen LogP contribution is -2.39. The Hall–Kier alpha value is -1.15. The zero-order valence-electron chi connectivity index (χ0n) is 15.7. The summed E-state index contributed by atoms with van der Waals surface area (Å²) in [6.45, 7) is 8.26. The van der Waals surface area contributed by atoms with Crippen LogP contribution < -0.4 is 10.6 Å². The summed E-state index contributed by atoms with van der Waals surface area (Å²) >= 11 is 0. The molecule has 148 valence electrons. The van der Waals surface area contributed by atoms with Gasteiger partial charge in [0.2, 0.25) is 10.0 Å². The van der Waals surface area contributed by atoms with Crippen LogP contribution in [0, 0.1) is 6.92 Å². The standard InChI is InChI=1S/C18H29N3O3S.ClH/c1-4-19-15(3)13-20-18(22)17-12-16(9-8-14(17)2)25(23,24)21-10-6-5-7-11-21;/h8-9,12,15,19H,4-7,10-11,13H2,1-3H3,(H,20,22);1H/t15-;/m1./s1. The Morgan fingerprint density at radius 1 is 1.23 bits per heavy atom. The Kier molecular flexibility index (Phi) is 9.03. The molecule has 6 nitrogen and oxygen atoms in total. The summed E-state index contributed by atoms with van der Waals surface area (Å²) in [4.78, 5) is 12.7. The van der Waals surface area contributed by atoms with E-state index >= 15 is 0 Å². The van der Waals surface area contributed by atoms with Crippen molar-refractivity contribution in [3.63, 3.8) is 0 Å². The van der Waals surface area contributed by atoms with Gasteiger partial charge in [-0.05, 0) is 50.9 Å². The smallest absolute Gasteiger partial charge is 0.251 e. The van der Waals surface area contributed by atoms with Gasteiger partial charge in [0.05, 0.1) is 4.90 Å². The van der Waals surface area contributed by atoms with Crippen LogP contribution in [0.5, 0.6) is 0 Å². The van der Waals surface area contributed by atoms with Gasteiger partial charge in [0.1, 0.15) is 0 Å². The zero-order chi connectivity index (χ0) is 18.4. The Morgan fingerprint density at radius 2 is 1.88 bits per heavy atom. The predicted molar refractivity (Wildman–Crippen MR) is 107 cm³/mol. The molecule has 1 saturated heterocycles. The minimum Gasteiger partial charge on any atom is -0.350 e. The summed E-state index contributed by atoms with van der Waals surface area (Å²) in [7, 11) is -3.53. The van der Waals surface area contributed by atoms with Crippen molar-refractivity contribution >= 4 is 28.3 Å². The summed E-state index contributed by atoms with van der Waals surface area (Å²) in [6, 6.07) is 4.97. The summed E-state index contributed by atoms with van der Waals surface area (Å²) in [5.74, 6) is -0.238. The lowest BCUT2D eigenvalue weighted by molar-refractivity contribution is 0.0949. The number of piperidine rings is 1. The van der Waals surface area contributed by atoms with Gasteiger partial charge >= 0.3 is 0 Å². The Balaban J connectivity index is 0.00000338. The first-order chi connectivity index (χ1) is 11.9. The fourth-order valence-corrected chi connectivity index (χ4v) is 4.57. The molecular formula is C18H30ClN3O3S. The van der Waals surface area contributed by atoms with Crippen molar-refractivity contribution in [3.05, 3.63) is 29.3 Å². The fraction of sp³-hybridized carbons (Fsp3) is 0.611. The molecule has 2 rings (SSSR count). The second-order valence-corrected chi connectivity index (χ2v) is 8.55. The number of likely N-dealkylation sites (N-methyl/N-ethyl adjacent to an activating group) is 1. The number of nitrogens with one attached hydrogen (secondary N) is 2. The number of sulfonamides is 1. The molecule has 1 heterocycles. The van der Waals surface area contributed by atoms with E-state index in [0.29, 0.717) is 25.2 Å². The molecule has 8 heteroatoms. The number of hydrogen-bond donors (Lipinski definition) is 2. The molecular weight excluding hydrogens is 374 g/mol. The van der Waals surface area contributed by atoms with E-state index in [2.05, 4.69) is 10.6 Å². The van der Waals surface area contributed by atoms with Crippen LogP contribution in [0.4, 0.5) is 0 Å². The first-order valence-electron chi connectivity index (χ1n) is 8.98. The van der Waals surface area contributed by atoms with Gasteiger partial charge in [-0.25, -0.2) is 8.42 Å². The Bertz CT molecular complexity index is 704. The van der Waals surface area contributed by atoms with Crippen LogP contribution in [-0.2, 0) is 10.0 Å². The lowest BCUT2D eigenvalue weighted by Gasteiger charge is -2.26. The highest BCUT2D eigenvalue weighted by atomic mass is 35.5. The van der Waals surface area contributed by atoms with E-state index in [1.807, 2.05) is 20.8 Å². The molecule has 1 aromatic rings. The summed E-state index contributed by atoms with van der Waals surface area (Å²) in [5.41, 5.74) is 1.19. The van der Waals surface area contributed by atoms with Crippen molar-refractivity contribution in [1.29, 1.82) is 0 Å². The van der Waals surface area contributed by atoms with Gasteiger partial charge in [-0.3, -0.25) is 4.79 Å². The van der Waals surface area contributed by atoms with Gasteiger partial charge in [-0.1, -0.05) is 19.4 Å². The number of aryl methyl sites for hydroxylation is 1. The van der Waals surface area contributed by atoms with Gasteiger partial charge in [-0.15, -0.1) is 12.4 Å². The molecule has 0 radical (unpaired) electrons. The van der Waals surface area contributed by atoms with E-state index in [1.54, 1.807) is 12.1 Å². The van der Waals surface area contributed by atoms with Gasteiger partial charge in [0.15, 0.2) is 0 Å². The maximum Gasteiger partial charge on any atom is 0.251 e. The second-order valence-electron chi connectivity index (χ2n) is 6.61. The van der Waals surface area contributed by atoms with Gasteiger partial charge in [0.25, 0.3) is 5.91 Å². The van der Waals surface area contributed by atoms with E-state index < -0.39 is 10.0 Å². The molecule has 1 aliphatic heterocycles. The topological polar surface area (TPSA) is 78.5 Å². The molecule has 0 unspecified atom stereocenters. The fourth-order valence-electron chi connectivity index (χ4n) is 3.02. The molecule has 1 amide bonds. The molecule has 26 heavy (non-hydrogen) atoms. The number of halogens is 1. The second kappa shape index (κ2) is 10.3. The highest BCUT2D eigenvalue weighted by Gasteiger charge is 2.27. The van der Waals surface area contributed by atoms with E-state index in [4.69, 9.17) is 0 Å². The molecule has 2 N–H and O–H groups in total. The normalized spacial score (nSPS) is 16.6. The number of nitrogens with zero attached hydrogens (tertiary/aromatic N) is 1. The SMILES string of the molecule is CCN[C@H](C)CNC(=O)c1cc(S(=O)(=O)N2CCCCC2)ccc1C.Cl. The van der Waals surface area contributed by atoms with Crippen molar-refractivity contribution in [3.8, 4) is 0 Å². The molecule has 1 atom stereocenters. The van der Waals surface area contributed by atoms with Crippen LogP contribution in [0.2, 0.25) is 0 Å². The lowest BCUT2D eigenvalue weighted by atomic mass is 10.1. The number of amides is 1. The molecule has 0 aliphatic carbocycles. The molecule has 1 aliphatic rings. The van der Waals surface area contributed by atoms with Crippen molar-refractivity contribution < 1.29 is 13.2 Å². The zero-order valence-corrected chi connectivity index (χ0v) is 17.4. The highest BCUT2D eigenvalue weighted by molar-refractivity contribution is 7.89. The van der Waals surface area contributed by atoms with Crippen LogP contribution in [0.15, 0.2) is 23.1 Å². The molecule has 0 saturated carbocycles. The minimum atomic E-state index is -3.53.